The zero-order chi connectivity index (χ0) is 14.7. The highest BCUT2D eigenvalue weighted by Crippen LogP contribution is 2.40. The Balaban J connectivity index is 1.74. The minimum atomic E-state index is -0.441. The molecule has 3 N–H and O–H groups in total. The molecule has 1 aliphatic carbocycles. The summed E-state index contributed by atoms with van der Waals surface area (Å²) in [7, 11) is 0. The maximum absolute atomic E-state index is 11.8. The maximum Gasteiger partial charge on any atom is 0.239 e. The third-order valence-electron chi connectivity index (χ3n) is 3.93. The van der Waals surface area contributed by atoms with Gasteiger partial charge in [-0.05, 0) is 35.4 Å². The summed E-state index contributed by atoms with van der Waals surface area (Å²) in [5.74, 6) is 0.339. The smallest absolute Gasteiger partial charge is 0.239 e. The summed E-state index contributed by atoms with van der Waals surface area (Å²) in [6, 6.07) is 17.8. The van der Waals surface area contributed by atoms with Crippen LogP contribution >= 0.6 is 0 Å². The minimum absolute atomic E-state index is 0.334. The minimum Gasteiger partial charge on any atom is -0.368 e. The molecule has 1 unspecified atom stereocenters. The third kappa shape index (κ3) is 3.50. The largest absolute Gasteiger partial charge is 0.368 e. The van der Waals surface area contributed by atoms with Crippen LogP contribution in [0.4, 0.5) is 0 Å². The summed E-state index contributed by atoms with van der Waals surface area (Å²) in [6.07, 6.45) is 2.50. The van der Waals surface area contributed by atoms with Gasteiger partial charge in [0.25, 0.3) is 0 Å². The molecule has 1 aliphatic rings. The molecule has 3 nitrogen and oxygen atoms in total. The predicted octanol–water partition coefficient (Wildman–Crippen LogP) is 2.88. The fourth-order valence-electron chi connectivity index (χ4n) is 2.61. The molecule has 108 valence electrons. The Morgan fingerprint density at radius 3 is 2.57 bits per heavy atom. The van der Waals surface area contributed by atoms with Gasteiger partial charge >= 0.3 is 0 Å². The van der Waals surface area contributed by atoms with E-state index in [9.17, 15) is 4.79 Å². The zero-order valence-corrected chi connectivity index (χ0v) is 12.0. The standard InChI is InChI=1S/C18H20N2O/c19-18(21)17(20-12-13-5-2-1-3-6-13)16-8-4-7-15(11-16)14-9-10-14/h1-8,11,14,17,20H,9-10,12H2,(H2,19,21). The van der Waals surface area contributed by atoms with Crippen LogP contribution in [0.25, 0.3) is 0 Å². The van der Waals surface area contributed by atoms with Gasteiger partial charge in [-0.2, -0.15) is 0 Å². The van der Waals surface area contributed by atoms with Crippen molar-refractivity contribution in [2.24, 2.45) is 5.73 Å². The van der Waals surface area contributed by atoms with E-state index in [1.165, 1.54) is 18.4 Å². The monoisotopic (exact) mass is 280 g/mol. The molecule has 2 aromatic rings. The number of hydrogen-bond acceptors (Lipinski definition) is 2. The molecule has 1 fully saturated rings. The van der Waals surface area contributed by atoms with Crippen molar-refractivity contribution in [2.45, 2.75) is 31.3 Å². The van der Waals surface area contributed by atoms with E-state index in [1.54, 1.807) is 0 Å². The molecule has 0 spiro atoms. The number of carbonyl (C=O) groups is 1. The molecule has 1 atom stereocenters. The van der Waals surface area contributed by atoms with E-state index < -0.39 is 6.04 Å². The lowest BCUT2D eigenvalue weighted by atomic mass is 10.0. The maximum atomic E-state index is 11.8. The van der Waals surface area contributed by atoms with Crippen molar-refractivity contribution in [3.05, 3.63) is 71.3 Å². The lowest BCUT2D eigenvalue weighted by molar-refractivity contribution is -0.120. The third-order valence-corrected chi connectivity index (χ3v) is 3.93. The molecule has 3 heteroatoms. The summed E-state index contributed by atoms with van der Waals surface area (Å²) >= 11 is 0. The van der Waals surface area contributed by atoms with E-state index >= 15 is 0 Å². The highest BCUT2D eigenvalue weighted by Gasteiger charge is 2.25. The Morgan fingerprint density at radius 1 is 1.14 bits per heavy atom. The van der Waals surface area contributed by atoms with Gasteiger partial charge in [-0.1, -0.05) is 54.6 Å². The lowest BCUT2D eigenvalue weighted by Gasteiger charge is -2.17. The number of benzene rings is 2. The van der Waals surface area contributed by atoms with Gasteiger partial charge in [0, 0.05) is 6.54 Å². The van der Waals surface area contributed by atoms with Gasteiger partial charge in [0.15, 0.2) is 0 Å². The molecule has 2 aromatic carbocycles. The number of carbonyl (C=O) groups excluding carboxylic acids is 1. The van der Waals surface area contributed by atoms with Gasteiger partial charge in [-0.15, -0.1) is 0 Å². The van der Waals surface area contributed by atoms with Crippen LogP contribution in [0.1, 0.15) is 41.5 Å². The Morgan fingerprint density at radius 2 is 1.90 bits per heavy atom. The van der Waals surface area contributed by atoms with Crippen LogP contribution in [-0.2, 0) is 11.3 Å². The molecular formula is C18H20N2O. The number of amides is 1. The Hall–Kier alpha value is -2.13. The molecule has 0 aliphatic heterocycles. The second kappa shape index (κ2) is 6.10. The van der Waals surface area contributed by atoms with Crippen molar-refractivity contribution in [3.63, 3.8) is 0 Å². The summed E-state index contributed by atoms with van der Waals surface area (Å²) < 4.78 is 0. The van der Waals surface area contributed by atoms with Gasteiger partial charge in [-0.3, -0.25) is 10.1 Å². The number of hydrogen-bond donors (Lipinski definition) is 2. The predicted molar refractivity (Wildman–Crippen MR) is 83.6 cm³/mol. The molecular weight excluding hydrogens is 260 g/mol. The zero-order valence-electron chi connectivity index (χ0n) is 12.0. The van der Waals surface area contributed by atoms with Crippen molar-refractivity contribution >= 4 is 5.91 Å². The summed E-state index contributed by atoms with van der Waals surface area (Å²) in [6.45, 7) is 0.627. The first-order valence-electron chi connectivity index (χ1n) is 7.40. The van der Waals surface area contributed by atoms with E-state index in [1.807, 2.05) is 42.5 Å². The highest BCUT2D eigenvalue weighted by molar-refractivity contribution is 5.81. The van der Waals surface area contributed by atoms with E-state index in [2.05, 4.69) is 17.4 Å². The molecule has 0 bridgehead atoms. The van der Waals surface area contributed by atoms with Gasteiger partial charge in [0.1, 0.15) is 6.04 Å². The van der Waals surface area contributed by atoms with Crippen LogP contribution in [0, 0.1) is 0 Å². The molecule has 0 radical (unpaired) electrons. The molecule has 3 rings (SSSR count). The quantitative estimate of drug-likeness (QED) is 0.855. The Labute approximate surface area is 125 Å². The molecule has 1 amide bonds. The van der Waals surface area contributed by atoms with Crippen molar-refractivity contribution in [1.82, 2.24) is 5.32 Å². The fraction of sp³-hybridized carbons (Fsp3) is 0.278. The average molecular weight is 280 g/mol. The van der Waals surface area contributed by atoms with Crippen LogP contribution in [0.5, 0.6) is 0 Å². The molecule has 0 saturated heterocycles. The van der Waals surface area contributed by atoms with Crippen molar-refractivity contribution in [2.75, 3.05) is 0 Å². The van der Waals surface area contributed by atoms with Gasteiger partial charge in [0.2, 0.25) is 5.91 Å². The van der Waals surface area contributed by atoms with Crippen LogP contribution in [-0.4, -0.2) is 5.91 Å². The van der Waals surface area contributed by atoms with Gasteiger partial charge in [0.05, 0.1) is 0 Å². The average Bonchev–Trinajstić information content (AvgIpc) is 3.33. The second-order valence-electron chi connectivity index (χ2n) is 5.65. The van der Waals surface area contributed by atoms with E-state index in [4.69, 9.17) is 5.73 Å². The van der Waals surface area contributed by atoms with E-state index in [-0.39, 0.29) is 5.91 Å². The first kappa shape index (κ1) is 13.8. The highest BCUT2D eigenvalue weighted by atomic mass is 16.1. The van der Waals surface area contributed by atoms with Gasteiger partial charge in [-0.25, -0.2) is 0 Å². The van der Waals surface area contributed by atoms with Crippen LogP contribution in [0.2, 0.25) is 0 Å². The number of primary amides is 1. The topological polar surface area (TPSA) is 55.1 Å². The van der Waals surface area contributed by atoms with E-state index in [0.717, 1.165) is 11.1 Å². The fourth-order valence-corrected chi connectivity index (χ4v) is 2.61. The molecule has 0 aromatic heterocycles. The normalized spacial score (nSPS) is 15.6. The first-order valence-corrected chi connectivity index (χ1v) is 7.40. The summed E-state index contributed by atoms with van der Waals surface area (Å²) in [5.41, 5.74) is 8.99. The van der Waals surface area contributed by atoms with Crippen molar-refractivity contribution in [1.29, 1.82) is 0 Å². The molecule has 1 saturated carbocycles. The summed E-state index contributed by atoms with van der Waals surface area (Å²) in [4.78, 5) is 11.8. The Bertz CT molecular complexity index is 620. The lowest BCUT2D eigenvalue weighted by Crippen LogP contribution is -2.33. The molecule has 21 heavy (non-hydrogen) atoms. The first-order chi connectivity index (χ1) is 10.2. The number of nitrogens with two attached hydrogens (primary N) is 1. The van der Waals surface area contributed by atoms with Crippen molar-refractivity contribution < 1.29 is 4.79 Å². The SMILES string of the molecule is NC(=O)C(NCc1ccccc1)c1cccc(C2CC2)c1. The summed E-state index contributed by atoms with van der Waals surface area (Å²) in [5, 5.41) is 3.26. The second-order valence-corrected chi connectivity index (χ2v) is 5.65. The van der Waals surface area contributed by atoms with E-state index in [0.29, 0.717) is 12.5 Å². The van der Waals surface area contributed by atoms with Crippen LogP contribution in [0.3, 0.4) is 0 Å². The number of rotatable bonds is 6. The van der Waals surface area contributed by atoms with Crippen LogP contribution < -0.4 is 11.1 Å². The molecule has 0 heterocycles. The number of nitrogens with one attached hydrogen (secondary N) is 1. The van der Waals surface area contributed by atoms with Gasteiger partial charge < -0.3 is 5.73 Å². The van der Waals surface area contributed by atoms with Crippen molar-refractivity contribution in [3.8, 4) is 0 Å². The van der Waals surface area contributed by atoms with Crippen LogP contribution in [0.15, 0.2) is 54.6 Å². The Kier molecular flexibility index (Phi) is 4.02.